The average molecular weight is 905 g/mol. The number of aryl methyl sites for hydroxylation is 2. The number of phosphoric acid groups is 1. The number of aromatic nitrogens is 2. The molecule has 1 aliphatic heterocycles. The van der Waals surface area contributed by atoms with Gasteiger partial charge in [-0.25, -0.2) is 9.55 Å². The lowest BCUT2D eigenvalue weighted by Gasteiger charge is -2.27. The third-order valence-corrected chi connectivity index (χ3v) is 12.4. The number of nitrogens with two attached hydrogens (primary N) is 1. The molecule has 0 bridgehead atoms. The van der Waals surface area contributed by atoms with Crippen molar-refractivity contribution in [3.05, 3.63) is 54.1 Å². The average Bonchev–Trinajstić information content (AvgIpc) is 3.91. The Morgan fingerprint density at radius 2 is 1.60 bits per heavy atom. The predicted octanol–water partition coefficient (Wildman–Crippen LogP) is 3.18. The monoisotopic (exact) mass is 904 g/mol. The Kier molecular flexibility index (Phi) is 22.8. The Morgan fingerprint density at radius 1 is 0.937 bits per heavy atom. The summed E-state index contributed by atoms with van der Waals surface area (Å²) < 4.78 is 23.8. The van der Waals surface area contributed by atoms with Crippen molar-refractivity contribution >= 4 is 43.0 Å². The molecule has 1 aromatic carbocycles. The highest BCUT2D eigenvalue weighted by Crippen LogP contribution is 2.45. The standard InChI is InChI=1S/C44H69N6O12P/c1-30(2)23-37(47-44(58)39-18-14-20-50(39)32(4)53)40(54)25-34(24-35-27-46-29-49(35)19-13-8-6-5-7-10-15-33-16-11-9-12-17-33)43(57)48-38(28-52)41(55)26-36(42(45)56)31(3)62-63(59,60)61-22-21-51/h9,11-12,16-17,27,29-31,34,36-39,51-52H,5-8,10,13-15,18-26,28H2,1-4H3,(H2,45,56)(H,47,58)(H,48,57)(H,59,60)/t31-,34-,36+,37+,38+,39+/m1/s1. The van der Waals surface area contributed by atoms with Gasteiger partial charge >= 0.3 is 7.82 Å². The van der Waals surface area contributed by atoms with Gasteiger partial charge in [0.25, 0.3) is 0 Å². The van der Waals surface area contributed by atoms with E-state index in [1.54, 1.807) is 12.5 Å². The summed E-state index contributed by atoms with van der Waals surface area (Å²) >= 11 is 0. The van der Waals surface area contributed by atoms with Crippen molar-refractivity contribution in [2.45, 2.75) is 142 Å². The van der Waals surface area contributed by atoms with Gasteiger partial charge in [-0.3, -0.25) is 37.8 Å². The Hall–Kier alpha value is -4.32. The number of imidazole rings is 1. The number of likely N-dealkylation sites (tertiary alicyclic amines) is 1. The van der Waals surface area contributed by atoms with Gasteiger partial charge in [-0.05, 0) is 56.9 Å². The molecule has 1 unspecified atom stereocenters. The third kappa shape index (κ3) is 18.4. The highest BCUT2D eigenvalue weighted by Gasteiger charge is 2.38. The number of benzene rings is 1. The van der Waals surface area contributed by atoms with E-state index in [0.717, 1.165) is 44.9 Å². The van der Waals surface area contributed by atoms with Crippen molar-refractivity contribution in [1.82, 2.24) is 25.1 Å². The molecule has 1 aliphatic rings. The molecule has 0 aliphatic carbocycles. The van der Waals surface area contributed by atoms with Crippen LogP contribution in [0.1, 0.15) is 110 Å². The van der Waals surface area contributed by atoms with E-state index in [1.165, 1.54) is 24.3 Å². The Morgan fingerprint density at radius 3 is 2.24 bits per heavy atom. The summed E-state index contributed by atoms with van der Waals surface area (Å²) in [5, 5.41) is 24.6. The van der Waals surface area contributed by atoms with Crippen molar-refractivity contribution in [3.63, 3.8) is 0 Å². The fourth-order valence-electron chi connectivity index (χ4n) is 7.85. The first kappa shape index (κ1) is 53.0. The highest BCUT2D eigenvalue weighted by molar-refractivity contribution is 7.47. The number of aliphatic hydroxyl groups is 2. The molecule has 1 aromatic heterocycles. The molecule has 1 saturated heterocycles. The zero-order chi connectivity index (χ0) is 46.5. The van der Waals surface area contributed by atoms with Crippen LogP contribution in [-0.4, -0.2) is 115 Å². The number of rotatable bonds is 31. The molecule has 3 rings (SSSR count). The van der Waals surface area contributed by atoms with Crippen LogP contribution in [0.3, 0.4) is 0 Å². The van der Waals surface area contributed by atoms with Gasteiger partial charge in [0.15, 0.2) is 11.6 Å². The van der Waals surface area contributed by atoms with Crippen LogP contribution in [0.5, 0.6) is 0 Å². The number of nitrogens with one attached hydrogen (secondary N) is 2. The molecular weight excluding hydrogens is 835 g/mol. The number of hydrogen-bond donors (Lipinski definition) is 6. The predicted molar refractivity (Wildman–Crippen MR) is 233 cm³/mol. The quantitative estimate of drug-likeness (QED) is 0.0470. The molecular formula is C44H69N6O12P. The number of aliphatic hydroxyl groups excluding tert-OH is 2. The molecule has 0 spiro atoms. The second kappa shape index (κ2) is 27.1. The summed E-state index contributed by atoms with van der Waals surface area (Å²) in [6.45, 7) is 5.41. The highest BCUT2D eigenvalue weighted by atomic mass is 31.2. The molecule has 2 heterocycles. The smallest absolute Gasteiger partial charge is 0.394 e. The van der Waals surface area contributed by atoms with E-state index in [1.807, 2.05) is 36.6 Å². The number of primary amides is 1. The van der Waals surface area contributed by atoms with E-state index < -0.39 is 99.4 Å². The lowest BCUT2D eigenvalue weighted by atomic mass is 9.89. The maximum absolute atomic E-state index is 14.2. The van der Waals surface area contributed by atoms with E-state index in [0.29, 0.717) is 31.6 Å². The van der Waals surface area contributed by atoms with Gasteiger partial charge in [0.05, 0.1) is 50.1 Å². The van der Waals surface area contributed by atoms with Gasteiger partial charge in [0, 0.05) is 51.2 Å². The minimum absolute atomic E-state index is 0.0148. The SMILES string of the molecule is CC(=O)N1CCC[C@H]1C(=O)N[C@@H](CC(C)C)C(=O)C[C@@H](Cc1cncn1CCCCCCCCc1ccccc1)C(=O)N[C@@H](CO)C(=O)C[C@H](C(N)=O)[C@@H](C)OP(=O)(O)OCCO. The zero-order valence-corrected chi connectivity index (χ0v) is 38.1. The number of hydrogen-bond acceptors (Lipinski definition) is 12. The van der Waals surface area contributed by atoms with Gasteiger partial charge in [0.1, 0.15) is 12.1 Å². The maximum atomic E-state index is 14.2. The maximum Gasteiger partial charge on any atom is 0.472 e. The van der Waals surface area contributed by atoms with Gasteiger partial charge in [0.2, 0.25) is 23.6 Å². The van der Waals surface area contributed by atoms with Gasteiger partial charge in [-0.1, -0.05) is 69.9 Å². The fraction of sp³-hybridized carbons (Fsp3) is 0.659. The largest absolute Gasteiger partial charge is 0.472 e. The van der Waals surface area contributed by atoms with E-state index in [9.17, 15) is 43.3 Å². The van der Waals surface area contributed by atoms with Crippen LogP contribution in [0.15, 0.2) is 42.9 Å². The summed E-state index contributed by atoms with van der Waals surface area (Å²) in [6.07, 6.45) is 9.42. The lowest BCUT2D eigenvalue weighted by Crippen LogP contribution is -2.52. The molecule has 19 heteroatoms. The molecule has 0 radical (unpaired) electrons. The Bertz CT molecular complexity index is 1830. The van der Waals surface area contributed by atoms with Crippen LogP contribution in [-0.2, 0) is 61.8 Å². The van der Waals surface area contributed by atoms with Crippen molar-refractivity contribution in [2.24, 2.45) is 23.5 Å². The summed E-state index contributed by atoms with van der Waals surface area (Å²) in [6, 6.07) is 7.11. The Balaban J connectivity index is 1.77. The molecule has 7 N–H and O–H groups in total. The summed E-state index contributed by atoms with van der Waals surface area (Å²) in [7, 11) is -4.76. The van der Waals surface area contributed by atoms with Crippen LogP contribution >= 0.6 is 7.82 Å². The summed E-state index contributed by atoms with van der Waals surface area (Å²) in [5.41, 5.74) is 7.51. The topological polar surface area (TPSA) is 270 Å². The second-order valence-electron chi connectivity index (χ2n) is 16.8. The number of carbonyl (C=O) groups is 6. The van der Waals surface area contributed by atoms with Crippen LogP contribution in [0, 0.1) is 17.8 Å². The molecule has 352 valence electrons. The van der Waals surface area contributed by atoms with Crippen molar-refractivity contribution in [2.75, 3.05) is 26.4 Å². The molecule has 0 saturated carbocycles. The van der Waals surface area contributed by atoms with Crippen LogP contribution in [0.25, 0.3) is 0 Å². The number of carbonyl (C=O) groups excluding carboxylic acids is 6. The van der Waals surface area contributed by atoms with Gasteiger partial charge < -0.3 is 40.9 Å². The van der Waals surface area contributed by atoms with Gasteiger partial charge in [-0.15, -0.1) is 0 Å². The number of unbranched alkanes of at least 4 members (excludes halogenated alkanes) is 5. The zero-order valence-electron chi connectivity index (χ0n) is 37.2. The molecule has 4 amide bonds. The molecule has 18 nitrogen and oxygen atoms in total. The van der Waals surface area contributed by atoms with E-state index in [4.69, 9.17) is 15.4 Å². The van der Waals surface area contributed by atoms with Crippen molar-refractivity contribution in [3.8, 4) is 0 Å². The molecule has 63 heavy (non-hydrogen) atoms. The number of amides is 4. The first-order valence-electron chi connectivity index (χ1n) is 22.1. The summed E-state index contributed by atoms with van der Waals surface area (Å²) in [4.78, 5) is 95.8. The van der Waals surface area contributed by atoms with Crippen molar-refractivity contribution in [1.29, 1.82) is 0 Å². The molecule has 7 atom stereocenters. The molecule has 2 aromatic rings. The summed E-state index contributed by atoms with van der Waals surface area (Å²) in [5.74, 6) is -6.44. The fourth-order valence-corrected chi connectivity index (χ4v) is 8.79. The normalized spacial score (nSPS) is 17.3. The van der Waals surface area contributed by atoms with Crippen LogP contribution in [0.2, 0.25) is 0 Å². The Labute approximate surface area is 370 Å². The second-order valence-corrected chi connectivity index (χ2v) is 18.2. The molecule has 1 fully saturated rings. The van der Waals surface area contributed by atoms with E-state index in [2.05, 4.69) is 32.3 Å². The van der Waals surface area contributed by atoms with E-state index >= 15 is 0 Å². The lowest BCUT2D eigenvalue weighted by molar-refractivity contribution is -0.138. The van der Waals surface area contributed by atoms with Gasteiger partial charge in [-0.2, -0.15) is 0 Å². The minimum Gasteiger partial charge on any atom is -0.394 e. The van der Waals surface area contributed by atoms with Crippen molar-refractivity contribution < 1.29 is 57.5 Å². The number of phosphoric ester groups is 1. The third-order valence-electron chi connectivity index (χ3n) is 11.3. The minimum atomic E-state index is -4.76. The number of Topliss-reactive ketones (excluding diaryl/α,β-unsaturated/α-hetero) is 2. The number of nitrogens with zero attached hydrogens (tertiary/aromatic N) is 3. The number of ketones is 2. The first-order chi connectivity index (χ1) is 30.0. The van der Waals surface area contributed by atoms with Crippen LogP contribution in [0.4, 0.5) is 0 Å². The van der Waals surface area contributed by atoms with E-state index in [-0.39, 0.29) is 31.1 Å². The first-order valence-corrected chi connectivity index (χ1v) is 23.6. The van der Waals surface area contributed by atoms with Crippen LogP contribution < -0.4 is 16.4 Å².